The normalized spacial score (nSPS) is 27.4. The minimum Gasteiger partial charge on any atom is -0.316 e. The minimum atomic E-state index is -0.529. The summed E-state index contributed by atoms with van der Waals surface area (Å²) in [6.07, 6.45) is 5.39. The summed E-state index contributed by atoms with van der Waals surface area (Å²) in [5.41, 5.74) is 0. The number of rotatable bonds is 4. The molecule has 76 valence electrons. The Balaban J connectivity index is 1.64. The van der Waals surface area contributed by atoms with Gasteiger partial charge in [-0.05, 0) is 24.7 Å². The van der Waals surface area contributed by atoms with E-state index in [-0.39, 0.29) is 0 Å². The number of nitrogens with one attached hydrogen (secondary N) is 1. The quantitative estimate of drug-likeness (QED) is 0.739. The third-order valence-electron chi connectivity index (χ3n) is 3.18. The summed E-state index contributed by atoms with van der Waals surface area (Å²) >= 11 is 0. The molecule has 1 heterocycles. The van der Waals surface area contributed by atoms with Crippen molar-refractivity contribution in [1.29, 1.82) is 0 Å². The highest BCUT2D eigenvalue weighted by Crippen LogP contribution is 2.25. The van der Waals surface area contributed by atoms with Crippen molar-refractivity contribution in [2.45, 2.75) is 25.7 Å². The molecular weight excluding hydrogens is 182 g/mol. The summed E-state index contributed by atoms with van der Waals surface area (Å²) in [5.74, 6) is 3.43. The van der Waals surface area contributed by atoms with Gasteiger partial charge < -0.3 is 5.32 Å². The average Bonchev–Trinajstić information content (AvgIpc) is 2.49. The maximum absolute atomic E-state index is 11.7. The van der Waals surface area contributed by atoms with Crippen LogP contribution in [0.15, 0.2) is 0 Å². The first kappa shape index (κ1) is 9.66. The van der Waals surface area contributed by atoms with Crippen molar-refractivity contribution in [3.63, 3.8) is 0 Å². The van der Waals surface area contributed by atoms with Gasteiger partial charge in [0.15, 0.2) is 0 Å². The maximum Gasteiger partial charge on any atom is 0.0287 e. The Morgan fingerprint density at radius 3 is 2.23 bits per heavy atom. The molecule has 1 atom stereocenters. The second-order valence-electron chi connectivity index (χ2n) is 4.45. The van der Waals surface area contributed by atoms with E-state index in [1.54, 1.807) is 0 Å². The van der Waals surface area contributed by atoms with Gasteiger partial charge in [-0.1, -0.05) is 12.8 Å². The molecule has 0 spiro atoms. The molecule has 1 unspecified atom stereocenters. The SMILES string of the molecule is O=S(CC1CCCC1)CC1CNC1. The lowest BCUT2D eigenvalue weighted by Crippen LogP contribution is -2.45. The highest BCUT2D eigenvalue weighted by atomic mass is 32.2. The largest absolute Gasteiger partial charge is 0.316 e. The maximum atomic E-state index is 11.7. The van der Waals surface area contributed by atoms with Gasteiger partial charge in [-0.2, -0.15) is 0 Å². The molecule has 0 aromatic heterocycles. The van der Waals surface area contributed by atoms with Gasteiger partial charge in [0.1, 0.15) is 0 Å². The second-order valence-corrected chi connectivity index (χ2v) is 5.99. The van der Waals surface area contributed by atoms with Crippen LogP contribution in [0.25, 0.3) is 0 Å². The molecule has 13 heavy (non-hydrogen) atoms. The van der Waals surface area contributed by atoms with Crippen LogP contribution in [0.2, 0.25) is 0 Å². The van der Waals surface area contributed by atoms with E-state index in [4.69, 9.17) is 0 Å². The fraction of sp³-hybridized carbons (Fsp3) is 1.00. The van der Waals surface area contributed by atoms with Gasteiger partial charge in [0.05, 0.1) is 0 Å². The van der Waals surface area contributed by atoms with E-state index >= 15 is 0 Å². The Kier molecular flexibility index (Phi) is 3.39. The molecule has 0 aromatic rings. The summed E-state index contributed by atoms with van der Waals surface area (Å²) < 4.78 is 11.7. The van der Waals surface area contributed by atoms with E-state index in [0.717, 1.165) is 30.5 Å². The Morgan fingerprint density at radius 2 is 1.69 bits per heavy atom. The zero-order valence-electron chi connectivity index (χ0n) is 8.13. The first-order valence-corrected chi connectivity index (χ1v) is 6.89. The zero-order valence-corrected chi connectivity index (χ0v) is 8.94. The second kappa shape index (κ2) is 4.56. The molecule has 0 bridgehead atoms. The van der Waals surface area contributed by atoms with Gasteiger partial charge >= 0.3 is 0 Å². The van der Waals surface area contributed by atoms with Crippen molar-refractivity contribution < 1.29 is 4.21 Å². The zero-order chi connectivity index (χ0) is 9.10. The van der Waals surface area contributed by atoms with Crippen LogP contribution in [0.4, 0.5) is 0 Å². The van der Waals surface area contributed by atoms with Crippen LogP contribution < -0.4 is 5.32 Å². The first-order chi connectivity index (χ1) is 6.34. The smallest absolute Gasteiger partial charge is 0.0287 e. The molecule has 2 fully saturated rings. The van der Waals surface area contributed by atoms with Crippen LogP contribution in [-0.2, 0) is 10.8 Å². The van der Waals surface area contributed by atoms with Gasteiger partial charge in [0.25, 0.3) is 0 Å². The Labute approximate surface area is 82.9 Å². The standard InChI is InChI=1S/C10H19NOS/c12-13(8-10-5-11-6-10)7-9-3-1-2-4-9/h9-11H,1-8H2. The average molecular weight is 201 g/mol. The van der Waals surface area contributed by atoms with Crippen molar-refractivity contribution in [2.75, 3.05) is 24.6 Å². The Bertz CT molecular complexity index is 185. The summed E-state index contributed by atoms with van der Waals surface area (Å²) in [5, 5.41) is 3.23. The Morgan fingerprint density at radius 1 is 1.08 bits per heavy atom. The first-order valence-electron chi connectivity index (χ1n) is 5.40. The minimum absolute atomic E-state index is 0.529. The van der Waals surface area contributed by atoms with Gasteiger partial charge in [-0.25, -0.2) is 0 Å². The lowest BCUT2D eigenvalue weighted by atomic mass is 10.1. The predicted octanol–water partition coefficient (Wildman–Crippen LogP) is 1.14. The van der Waals surface area contributed by atoms with E-state index in [9.17, 15) is 4.21 Å². The van der Waals surface area contributed by atoms with Crippen molar-refractivity contribution in [3.8, 4) is 0 Å². The summed E-state index contributed by atoms with van der Waals surface area (Å²) in [6.45, 7) is 2.19. The summed E-state index contributed by atoms with van der Waals surface area (Å²) in [6, 6.07) is 0. The van der Waals surface area contributed by atoms with Crippen LogP contribution >= 0.6 is 0 Å². The molecule has 1 aliphatic carbocycles. The topological polar surface area (TPSA) is 29.1 Å². The van der Waals surface area contributed by atoms with Crippen molar-refractivity contribution >= 4 is 10.8 Å². The monoisotopic (exact) mass is 201 g/mol. The van der Waals surface area contributed by atoms with E-state index < -0.39 is 10.8 Å². The van der Waals surface area contributed by atoms with Crippen LogP contribution in [-0.4, -0.2) is 28.8 Å². The highest BCUT2D eigenvalue weighted by molar-refractivity contribution is 7.85. The van der Waals surface area contributed by atoms with Crippen molar-refractivity contribution in [1.82, 2.24) is 5.32 Å². The molecule has 1 saturated carbocycles. The summed E-state index contributed by atoms with van der Waals surface area (Å²) in [4.78, 5) is 0. The highest BCUT2D eigenvalue weighted by Gasteiger charge is 2.22. The molecule has 3 heteroatoms. The Hall–Kier alpha value is 0.110. The molecular formula is C10H19NOS. The van der Waals surface area contributed by atoms with E-state index in [0.29, 0.717) is 5.92 Å². The van der Waals surface area contributed by atoms with Crippen LogP contribution in [0.3, 0.4) is 0 Å². The molecule has 1 N–H and O–H groups in total. The third-order valence-corrected chi connectivity index (χ3v) is 4.87. The molecule has 2 aliphatic rings. The molecule has 0 amide bonds. The third kappa shape index (κ3) is 2.78. The fourth-order valence-corrected chi connectivity index (χ4v) is 3.99. The molecule has 2 rings (SSSR count). The van der Waals surface area contributed by atoms with Gasteiger partial charge in [-0.3, -0.25) is 4.21 Å². The molecule has 0 aromatic carbocycles. The van der Waals surface area contributed by atoms with Crippen molar-refractivity contribution in [3.05, 3.63) is 0 Å². The molecule has 1 aliphatic heterocycles. The van der Waals surface area contributed by atoms with E-state index in [1.807, 2.05) is 0 Å². The van der Waals surface area contributed by atoms with Crippen LogP contribution in [0, 0.1) is 11.8 Å². The molecule has 2 nitrogen and oxygen atoms in total. The molecule has 0 radical (unpaired) electrons. The lowest BCUT2D eigenvalue weighted by molar-refractivity contribution is 0.382. The predicted molar refractivity (Wildman–Crippen MR) is 56.2 cm³/mol. The molecule has 1 saturated heterocycles. The lowest BCUT2D eigenvalue weighted by Gasteiger charge is -2.26. The van der Waals surface area contributed by atoms with Gasteiger partial charge in [-0.15, -0.1) is 0 Å². The van der Waals surface area contributed by atoms with E-state index in [2.05, 4.69) is 5.32 Å². The van der Waals surface area contributed by atoms with Crippen LogP contribution in [0.1, 0.15) is 25.7 Å². The number of hydrogen-bond acceptors (Lipinski definition) is 2. The van der Waals surface area contributed by atoms with Crippen molar-refractivity contribution in [2.24, 2.45) is 11.8 Å². The summed E-state index contributed by atoms with van der Waals surface area (Å²) in [7, 11) is -0.529. The van der Waals surface area contributed by atoms with Gasteiger partial charge in [0, 0.05) is 35.4 Å². The van der Waals surface area contributed by atoms with Crippen LogP contribution in [0.5, 0.6) is 0 Å². The number of hydrogen-bond donors (Lipinski definition) is 1. The fourth-order valence-electron chi connectivity index (χ4n) is 2.24. The van der Waals surface area contributed by atoms with Gasteiger partial charge in [0.2, 0.25) is 0 Å². The van der Waals surface area contributed by atoms with E-state index in [1.165, 1.54) is 25.7 Å².